The van der Waals surface area contributed by atoms with E-state index in [1.54, 1.807) is 43.2 Å². The van der Waals surface area contributed by atoms with Crippen molar-refractivity contribution in [2.75, 3.05) is 39.3 Å². The third-order valence-corrected chi connectivity index (χ3v) is 21.1. The number of hydrogen-bond acceptors (Lipinski definition) is 17. The van der Waals surface area contributed by atoms with Crippen molar-refractivity contribution in [1.29, 1.82) is 0 Å². The quantitative estimate of drug-likeness (QED) is 0.0172. The molecule has 5 unspecified atom stereocenters. The lowest BCUT2D eigenvalue weighted by atomic mass is 9.88. The van der Waals surface area contributed by atoms with Gasteiger partial charge in [-0.15, -0.1) is 0 Å². The van der Waals surface area contributed by atoms with Gasteiger partial charge in [-0.3, -0.25) is 63.5 Å². The van der Waals surface area contributed by atoms with Gasteiger partial charge < -0.3 is 53.2 Å². The molecule has 0 radical (unpaired) electrons. The smallest absolute Gasteiger partial charge is 0.310 e. The van der Waals surface area contributed by atoms with Crippen molar-refractivity contribution in [1.82, 2.24) is 51.2 Å². The number of aliphatic carboxylic acids is 2. The molecule has 6 aromatic carbocycles. The number of ketones is 1. The number of carboxylic acids is 2. The zero-order valence-electron chi connectivity index (χ0n) is 76.1. The molecule has 680 valence electrons. The van der Waals surface area contributed by atoms with Crippen LogP contribution in [-0.2, 0) is 40.0 Å². The fourth-order valence-electron chi connectivity index (χ4n) is 14.6. The van der Waals surface area contributed by atoms with E-state index in [2.05, 4.69) is 107 Å². The molecule has 0 bridgehead atoms. The number of Topliss-reactive ketones (excluding diaryl/α,β-unsaturated/α-hetero) is 1. The summed E-state index contributed by atoms with van der Waals surface area (Å²) >= 11 is 0. The highest BCUT2D eigenvalue weighted by atomic mass is 16.4. The number of rotatable bonds is 38. The number of aliphatic hydroxyl groups is 2. The van der Waals surface area contributed by atoms with Crippen molar-refractivity contribution in [3.05, 3.63) is 325 Å². The molecule has 0 saturated carbocycles. The van der Waals surface area contributed by atoms with E-state index in [0.717, 1.165) is 101 Å². The molecule has 12 aromatic rings. The molecular formula is C107H126N12O11. The van der Waals surface area contributed by atoms with Crippen LogP contribution in [0.25, 0.3) is 67.5 Å². The zero-order chi connectivity index (χ0) is 93.9. The lowest BCUT2D eigenvalue weighted by Gasteiger charge is -2.22. The lowest BCUT2D eigenvalue weighted by Crippen LogP contribution is -2.42. The van der Waals surface area contributed by atoms with Crippen LogP contribution in [-0.4, -0.2) is 143 Å². The number of benzene rings is 6. The first kappa shape index (κ1) is 102. The highest BCUT2D eigenvalue weighted by Gasteiger charge is 2.29. The molecule has 0 aliphatic heterocycles. The molecule has 12 rings (SSSR count). The Labute approximate surface area is 765 Å². The average molecular weight is 1760 g/mol. The molecule has 0 aliphatic carbocycles. The van der Waals surface area contributed by atoms with E-state index in [-0.39, 0.29) is 98.8 Å². The number of carbonyl (C=O) groups excluding carboxylic acids is 5. The molecule has 23 nitrogen and oxygen atoms in total. The summed E-state index contributed by atoms with van der Waals surface area (Å²) < 4.78 is 0. The minimum absolute atomic E-state index is 0.0393. The summed E-state index contributed by atoms with van der Waals surface area (Å²) in [6, 6.07) is 81.0. The molecule has 6 aromatic heterocycles. The van der Waals surface area contributed by atoms with Gasteiger partial charge in [0, 0.05) is 96.7 Å². The number of nitrogens with one attached hydrogen (secondary N) is 4. The predicted molar refractivity (Wildman–Crippen MR) is 515 cm³/mol. The molecule has 6 heterocycles. The Balaban J connectivity index is 0.000000224. The summed E-state index contributed by atoms with van der Waals surface area (Å²) in [5.74, 6) is -3.12. The van der Waals surface area contributed by atoms with E-state index in [4.69, 9.17) is 21.7 Å². The van der Waals surface area contributed by atoms with Gasteiger partial charge in [-0.05, 0) is 204 Å². The monoisotopic (exact) mass is 1750 g/mol. The average Bonchev–Trinajstić information content (AvgIpc) is 0.832. The summed E-state index contributed by atoms with van der Waals surface area (Å²) in [6.07, 6.45) is 12.3. The van der Waals surface area contributed by atoms with E-state index < -0.39 is 41.9 Å². The first-order valence-corrected chi connectivity index (χ1v) is 44.5. The Morgan fingerprint density at radius 1 is 0.292 bits per heavy atom. The number of carbonyl (C=O) groups is 7. The SMILES string of the molecule is CC(C)CC(C(=O)NCC(=O)CNC(=O)C(CC(C)C)c1cccc(-c2ccccn2)c1)c1cccc(-c2ccccn2)c1.CC(C)CC(C(=O)NCC(O)CNC(=O)C(CC(C)C)c1cccc(-c2ccccn2)c1)c1cccc(-c2ccccn2)c1.CC(C)CC(C(=O)O)c1cccc(-c2ccccn2)c1.NCC(O)CN.O=C(O)Cc1cccc(-c2ccccn2)c1. The van der Waals surface area contributed by atoms with E-state index in [9.17, 15) is 43.8 Å². The number of nitrogens with zero attached hydrogens (tertiary/aromatic N) is 6. The van der Waals surface area contributed by atoms with Crippen molar-refractivity contribution >= 4 is 41.4 Å². The zero-order valence-corrected chi connectivity index (χ0v) is 76.1. The van der Waals surface area contributed by atoms with Crippen molar-refractivity contribution in [3.8, 4) is 67.5 Å². The molecule has 12 N–H and O–H groups in total. The normalized spacial score (nSPS) is 12.3. The summed E-state index contributed by atoms with van der Waals surface area (Å²) in [4.78, 5) is 115. The van der Waals surface area contributed by atoms with Crippen molar-refractivity contribution in [2.45, 2.75) is 150 Å². The second-order valence-electron chi connectivity index (χ2n) is 34.2. The van der Waals surface area contributed by atoms with E-state index in [0.29, 0.717) is 49.9 Å². The third-order valence-electron chi connectivity index (χ3n) is 21.1. The van der Waals surface area contributed by atoms with E-state index in [1.165, 1.54) is 0 Å². The van der Waals surface area contributed by atoms with Crippen LogP contribution in [0.4, 0.5) is 0 Å². The van der Waals surface area contributed by atoms with Gasteiger partial charge in [0.25, 0.3) is 0 Å². The predicted octanol–water partition coefficient (Wildman–Crippen LogP) is 17.5. The summed E-state index contributed by atoms with van der Waals surface area (Å²) in [6.45, 7) is 21.0. The second kappa shape index (κ2) is 54.0. The molecule has 23 heteroatoms. The van der Waals surface area contributed by atoms with Gasteiger partial charge in [0.1, 0.15) is 0 Å². The van der Waals surface area contributed by atoms with Crippen molar-refractivity contribution in [3.63, 3.8) is 0 Å². The van der Waals surface area contributed by atoms with Crippen LogP contribution < -0.4 is 32.7 Å². The Kier molecular flexibility index (Phi) is 42.4. The number of aliphatic hydroxyl groups excluding tert-OH is 2. The van der Waals surface area contributed by atoms with Gasteiger partial charge in [0.2, 0.25) is 23.6 Å². The molecule has 4 amide bonds. The first-order chi connectivity index (χ1) is 62.6. The molecule has 0 aliphatic rings. The van der Waals surface area contributed by atoms with Crippen LogP contribution in [0.1, 0.15) is 164 Å². The van der Waals surface area contributed by atoms with Crippen molar-refractivity contribution < 1.29 is 54.0 Å². The maximum Gasteiger partial charge on any atom is 0.310 e. The Hall–Kier alpha value is -13.5. The van der Waals surface area contributed by atoms with Crippen LogP contribution in [0.3, 0.4) is 0 Å². The maximum absolute atomic E-state index is 13.4. The Morgan fingerprint density at radius 3 is 0.754 bits per heavy atom. The molecule has 0 spiro atoms. The molecule has 130 heavy (non-hydrogen) atoms. The number of pyridine rings is 6. The van der Waals surface area contributed by atoms with Crippen LogP contribution in [0.5, 0.6) is 0 Å². The number of hydrogen-bond donors (Lipinski definition) is 10. The highest BCUT2D eigenvalue weighted by molar-refractivity contribution is 5.93. The number of nitrogens with two attached hydrogens (primary N) is 2. The molecule has 5 atom stereocenters. The van der Waals surface area contributed by atoms with Gasteiger partial charge >= 0.3 is 11.9 Å². The minimum Gasteiger partial charge on any atom is -0.481 e. The molecule has 0 fully saturated rings. The van der Waals surface area contributed by atoms with Gasteiger partial charge in [0.15, 0.2) is 5.78 Å². The fourth-order valence-corrected chi connectivity index (χ4v) is 14.6. The highest BCUT2D eigenvalue weighted by Crippen LogP contribution is 2.34. The van der Waals surface area contributed by atoms with Crippen molar-refractivity contribution in [2.24, 2.45) is 41.1 Å². The molecule has 0 saturated heterocycles. The largest absolute Gasteiger partial charge is 0.481 e. The lowest BCUT2D eigenvalue weighted by molar-refractivity contribution is -0.139. The standard InChI is InChI=1S/C37H44N4O3.C37H42N4O3.C17H19NO2.C13H11NO2.C3H10N2O/c2*1-25(2)19-32(27-11-9-13-29(21-27)34-15-5-7-17-38-34)36(43)40-23-31(42)24-41-37(44)33(20-26(3)4)28-12-10-14-30(22-28)35-16-6-8-18-39-35;1-12(2)10-15(17(19)20)13-6-5-7-14(11-13)16-8-3-4-9-18-16;15-13(16)9-10-4-3-5-11(8-10)12-6-1-2-7-14-12;4-1-3(6)2-5/h5-18,21-22,25-26,31-33,42H,19-20,23-24H2,1-4H3,(H,40,43)(H,41,44);5-18,21-22,25-26,32-33H,19-20,23-24H2,1-4H3,(H,40,43)(H,41,44);3-9,11-12,15H,10H2,1-2H3,(H,19,20);1-8H,9H2,(H,15,16);3,6H,1-2,4-5H2. The number of carboxylic acid groups (broad SMARTS) is 2. The maximum atomic E-state index is 13.4. The topological polar surface area (TPSA) is 378 Å². The van der Waals surface area contributed by atoms with Crippen LogP contribution in [0.2, 0.25) is 0 Å². The number of amides is 4. The van der Waals surface area contributed by atoms with Gasteiger partial charge in [-0.1, -0.05) is 215 Å². The Morgan fingerprint density at radius 2 is 0.531 bits per heavy atom. The molecular weight excluding hydrogens is 1630 g/mol. The van der Waals surface area contributed by atoms with Gasteiger partial charge in [-0.25, -0.2) is 0 Å². The van der Waals surface area contributed by atoms with E-state index >= 15 is 0 Å². The fraction of sp³-hybridized carbons (Fsp3) is 0.318. The van der Waals surface area contributed by atoms with Crippen LogP contribution in [0, 0.1) is 29.6 Å². The number of aromatic nitrogens is 6. The summed E-state index contributed by atoms with van der Waals surface area (Å²) in [7, 11) is 0. The Bertz CT molecular complexity index is 5230. The summed E-state index contributed by atoms with van der Waals surface area (Å²) in [5.41, 5.74) is 25.9. The third kappa shape index (κ3) is 34.6. The second-order valence-corrected chi connectivity index (χ2v) is 34.2. The minimum atomic E-state index is -0.929. The first-order valence-electron chi connectivity index (χ1n) is 44.5. The van der Waals surface area contributed by atoms with Gasteiger partial charge in [-0.2, -0.15) is 0 Å². The van der Waals surface area contributed by atoms with Gasteiger partial charge in [0.05, 0.1) is 95.5 Å². The van der Waals surface area contributed by atoms with E-state index in [1.807, 2.05) is 263 Å². The summed E-state index contributed by atoms with van der Waals surface area (Å²) in [5, 5.41) is 48.8. The van der Waals surface area contributed by atoms with Crippen LogP contribution >= 0.6 is 0 Å². The van der Waals surface area contributed by atoms with Crippen LogP contribution in [0.15, 0.2) is 292 Å².